The summed E-state index contributed by atoms with van der Waals surface area (Å²) >= 11 is 0. The van der Waals surface area contributed by atoms with E-state index in [0.717, 1.165) is 11.1 Å². The fraction of sp³-hybridized carbons (Fsp3) is 0.333. The van der Waals surface area contributed by atoms with E-state index in [1.165, 1.54) is 4.52 Å². The zero-order valence-corrected chi connectivity index (χ0v) is 16.5. The number of fused-ring (bicyclic) bond motifs is 1. The van der Waals surface area contributed by atoms with E-state index in [0.29, 0.717) is 31.0 Å². The van der Waals surface area contributed by atoms with Crippen LogP contribution in [0.4, 0.5) is 16.7 Å². The molecule has 3 aromatic rings. The van der Waals surface area contributed by atoms with E-state index in [4.69, 9.17) is 5.73 Å². The van der Waals surface area contributed by atoms with Crippen LogP contribution in [0, 0.1) is 0 Å². The number of pyridine rings is 1. The largest absolute Gasteiger partial charge is 0.364 e. The van der Waals surface area contributed by atoms with E-state index in [-0.39, 0.29) is 11.6 Å². The number of urea groups is 1. The molecular weight excluding hydrogens is 374 g/mol. The highest BCUT2D eigenvalue weighted by Crippen LogP contribution is 2.15. The molecule has 0 unspecified atom stereocenters. The van der Waals surface area contributed by atoms with Gasteiger partial charge in [-0.05, 0) is 43.0 Å². The number of hydrogen-bond donors (Lipinski definition) is 3. The van der Waals surface area contributed by atoms with E-state index in [1.54, 1.807) is 31.5 Å². The molecule has 11 heteroatoms. The maximum absolute atomic E-state index is 11.9. The van der Waals surface area contributed by atoms with Crippen molar-refractivity contribution in [2.75, 3.05) is 30.9 Å². The Balaban J connectivity index is 1.82. The number of hydrogen-bond acceptors (Lipinski definition) is 7. The third kappa shape index (κ3) is 4.75. The molecule has 0 saturated heterocycles. The van der Waals surface area contributed by atoms with E-state index in [9.17, 15) is 9.59 Å². The van der Waals surface area contributed by atoms with Crippen molar-refractivity contribution in [1.82, 2.24) is 29.9 Å². The molecule has 152 valence electrons. The number of carbonyl (C=O) groups is 2. The minimum absolute atomic E-state index is 0.0864. The maximum Gasteiger partial charge on any atom is 0.321 e. The molecule has 3 heterocycles. The summed E-state index contributed by atoms with van der Waals surface area (Å²) in [5.74, 6) is 0.0926. The van der Waals surface area contributed by atoms with Gasteiger partial charge in [-0.25, -0.2) is 19.3 Å². The predicted octanol–water partition coefficient (Wildman–Crippen LogP) is 0.611. The average Bonchev–Trinajstić information content (AvgIpc) is 3.08. The highest BCUT2D eigenvalue weighted by molar-refractivity contribution is 5.92. The maximum atomic E-state index is 11.9. The Labute approximate surface area is 167 Å². The molecule has 3 amide bonds. The van der Waals surface area contributed by atoms with Crippen LogP contribution in [0.15, 0.2) is 24.5 Å². The number of aryl methyl sites for hydroxylation is 2. The second kappa shape index (κ2) is 8.50. The molecular formula is C18H23N9O2. The van der Waals surface area contributed by atoms with Crippen molar-refractivity contribution in [3.63, 3.8) is 0 Å². The number of nitrogens with zero attached hydrogens (tertiary/aromatic N) is 6. The summed E-state index contributed by atoms with van der Waals surface area (Å²) in [4.78, 5) is 38.3. The first kappa shape index (κ1) is 20.0. The van der Waals surface area contributed by atoms with Gasteiger partial charge >= 0.3 is 6.03 Å². The highest BCUT2D eigenvalue weighted by atomic mass is 16.2. The van der Waals surface area contributed by atoms with Crippen molar-refractivity contribution in [2.24, 2.45) is 5.73 Å². The number of carbonyl (C=O) groups excluding carboxylic acids is 2. The van der Waals surface area contributed by atoms with E-state index in [1.807, 2.05) is 19.0 Å². The Hall–Kier alpha value is -3.76. The van der Waals surface area contributed by atoms with Gasteiger partial charge in [0, 0.05) is 33.0 Å². The smallest absolute Gasteiger partial charge is 0.321 e. The van der Waals surface area contributed by atoms with Gasteiger partial charge in [0.15, 0.2) is 5.65 Å². The number of primary amides is 1. The van der Waals surface area contributed by atoms with Gasteiger partial charge in [-0.1, -0.05) is 0 Å². The third-order valence-corrected chi connectivity index (χ3v) is 4.11. The lowest BCUT2D eigenvalue weighted by Gasteiger charge is -2.10. The lowest BCUT2D eigenvalue weighted by Crippen LogP contribution is -2.28. The molecule has 11 nitrogen and oxygen atoms in total. The Morgan fingerprint density at radius 3 is 2.45 bits per heavy atom. The molecule has 4 N–H and O–H groups in total. The first-order chi connectivity index (χ1) is 13.9. The number of rotatable bonds is 7. The Bertz CT molecular complexity index is 1030. The summed E-state index contributed by atoms with van der Waals surface area (Å²) in [5, 5.41) is 9.26. The van der Waals surface area contributed by atoms with Crippen LogP contribution in [0.2, 0.25) is 0 Å². The van der Waals surface area contributed by atoms with Crippen LogP contribution in [0.5, 0.6) is 0 Å². The molecule has 0 aliphatic rings. The van der Waals surface area contributed by atoms with Gasteiger partial charge in [-0.2, -0.15) is 4.98 Å². The summed E-state index contributed by atoms with van der Waals surface area (Å²) in [5.41, 5.74) is 7.94. The van der Waals surface area contributed by atoms with Gasteiger partial charge in [0.1, 0.15) is 5.69 Å². The quantitative estimate of drug-likeness (QED) is 0.530. The first-order valence-corrected chi connectivity index (χ1v) is 9.10. The molecule has 3 aromatic heterocycles. The van der Waals surface area contributed by atoms with Crippen LogP contribution in [-0.2, 0) is 12.8 Å². The highest BCUT2D eigenvalue weighted by Gasteiger charge is 2.15. The van der Waals surface area contributed by atoms with Crippen molar-refractivity contribution in [3.8, 4) is 0 Å². The monoisotopic (exact) mass is 397 g/mol. The molecule has 0 aromatic carbocycles. The Kier molecular flexibility index (Phi) is 5.86. The normalized spacial score (nSPS) is 10.7. The van der Waals surface area contributed by atoms with Gasteiger partial charge in [-0.3, -0.25) is 10.1 Å². The molecule has 0 fully saturated rings. The summed E-state index contributed by atoms with van der Waals surface area (Å²) in [6.45, 7) is 2.27. The Morgan fingerprint density at radius 2 is 1.83 bits per heavy atom. The van der Waals surface area contributed by atoms with Gasteiger partial charge < -0.3 is 16.0 Å². The SMILES string of the molecule is CCNC(=O)Nc1nc2cc(CCc3cnc(N(C)C)nc3)cc(C(N)=O)n2n1. The lowest BCUT2D eigenvalue weighted by molar-refractivity contribution is 0.0993. The molecule has 0 saturated carbocycles. The van der Waals surface area contributed by atoms with Crippen molar-refractivity contribution in [2.45, 2.75) is 19.8 Å². The van der Waals surface area contributed by atoms with Crippen LogP contribution in [0.3, 0.4) is 0 Å². The second-order valence-electron chi connectivity index (χ2n) is 6.59. The topological polar surface area (TPSA) is 143 Å². The van der Waals surface area contributed by atoms with Gasteiger partial charge in [0.25, 0.3) is 11.9 Å². The number of aromatic nitrogens is 5. The third-order valence-electron chi connectivity index (χ3n) is 4.11. The minimum atomic E-state index is -0.634. The molecule has 0 spiro atoms. The van der Waals surface area contributed by atoms with Gasteiger partial charge in [0.05, 0.1) is 0 Å². The number of nitrogens with two attached hydrogens (primary N) is 1. The summed E-state index contributed by atoms with van der Waals surface area (Å²) in [6, 6.07) is 3.05. The van der Waals surface area contributed by atoms with Crippen LogP contribution in [0.1, 0.15) is 28.5 Å². The first-order valence-electron chi connectivity index (χ1n) is 9.10. The van der Waals surface area contributed by atoms with E-state index >= 15 is 0 Å². The molecule has 0 atom stereocenters. The molecule has 3 rings (SSSR count). The number of anilines is 2. The fourth-order valence-corrected chi connectivity index (χ4v) is 2.71. The van der Waals surface area contributed by atoms with Crippen molar-refractivity contribution in [3.05, 3.63) is 41.3 Å². The molecule has 0 aliphatic carbocycles. The molecule has 29 heavy (non-hydrogen) atoms. The standard InChI is InChI=1S/C18H23N9O2/c1-4-20-18(29)24-16-23-14-8-11(7-13(15(19)28)27(14)25-16)5-6-12-9-21-17(22-10-12)26(2)3/h7-10H,4-6H2,1-3H3,(H2,19,28)(H2,20,24,25,29). The van der Waals surface area contributed by atoms with Crippen molar-refractivity contribution < 1.29 is 9.59 Å². The minimum Gasteiger partial charge on any atom is -0.364 e. The zero-order valence-electron chi connectivity index (χ0n) is 16.5. The van der Waals surface area contributed by atoms with Gasteiger partial charge in [-0.15, -0.1) is 5.10 Å². The Morgan fingerprint density at radius 1 is 1.14 bits per heavy atom. The van der Waals surface area contributed by atoms with Crippen molar-refractivity contribution in [1.29, 1.82) is 0 Å². The zero-order chi connectivity index (χ0) is 21.0. The average molecular weight is 397 g/mol. The second-order valence-corrected chi connectivity index (χ2v) is 6.59. The molecule has 0 bridgehead atoms. The van der Waals surface area contributed by atoms with Crippen LogP contribution < -0.4 is 21.3 Å². The summed E-state index contributed by atoms with van der Waals surface area (Å²) in [7, 11) is 3.76. The van der Waals surface area contributed by atoms with E-state index in [2.05, 4.69) is 30.7 Å². The van der Waals surface area contributed by atoms with Crippen LogP contribution >= 0.6 is 0 Å². The molecule has 0 radical (unpaired) electrons. The number of amides is 3. The fourth-order valence-electron chi connectivity index (χ4n) is 2.71. The predicted molar refractivity (Wildman–Crippen MR) is 108 cm³/mol. The summed E-state index contributed by atoms with van der Waals surface area (Å²) in [6.07, 6.45) is 4.87. The van der Waals surface area contributed by atoms with Crippen LogP contribution in [-0.4, -0.2) is 57.1 Å². The number of nitrogens with one attached hydrogen (secondary N) is 2. The van der Waals surface area contributed by atoms with E-state index < -0.39 is 11.9 Å². The summed E-state index contributed by atoms with van der Waals surface area (Å²) < 4.78 is 1.32. The van der Waals surface area contributed by atoms with Crippen LogP contribution in [0.25, 0.3) is 5.65 Å². The van der Waals surface area contributed by atoms with Crippen molar-refractivity contribution >= 4 is 29.5 Å². The van der Waals surface area contributed by atoms with Gasteiger partial charge in [0.2, 0.25) is 5.95 Å². The molecule has 0 aliphatic heterocycles. The lowest BCUT2D eigenvalue weighted by atomic mass is 10.1.